The van der Waals surface area contributed by atoms with Gasteiger partial charge in [0.25, 0.3) is 0 Å². The molecule has 0 aliphatic carbocycles. The summed E-state index contributed by atoms with van der Waals surface area (Å²) in [6, 6.07) is 5.71. The van der Waals surface area contributed by atoms with E-state index in [0.29, 0.717) is 6.54 Å². The Morgan fingerprint density at radius 3 is 2.94 bits per heavy atom. The first-order valence-electron chi connectivity index (χ1n) is 5.45. The minimum Gasteiger partial charge on any atom is -0.496 e. The van der Waals surface area contributed by atoms with Crippen LogP contribution < -0.4 is 10.4 Å². The number of hydrogen-bond acceptors (Lipinski definition) is 3. The first-order valence-corrected chi connectivity index (χ1v) is 6.25. The summed E-state index contributed by atoms with van der Waals surface area (Å²) in [5.74, 6) is 0.756. The molecular weight excluding hydrogens is 296 g/mol. The Bertz CT molecular complexity index is 623. The Morgan fingerprint density at radius 1 is 1.44 bits per heavy atom. The van der Waals surface area contributed by atoms with Crippen molar-refractivity contribution in [2.75, 3.05) is 7.11 Å². The van der Waals surface area contributed by atoms with Crippen molar-refractivity contribution in [3.63, 3.8) is 0 Å². The van der Waals surface area contributed by atoms with Crippen LogP contribution in [0.3, 0.4) is 0 Å². The molecule has 0 saturated heterocycles. The van der Waals surface area contributed by atoms with Crippen LogP contribution in [0.1, 0.15) is 11.1 Å². The van der Waals surface area contributed by atoms with E-state index in [2.05, 4.69) is 20.9 Å². The highest BCUT2D eigenvalue weighted by molar-refractivity contribution is 9.10. The molecule has 0 N–H and O–H groups in total. The lowest BCUT2D eigenvalue weighted by molar-refractivity contribution is 0.408. The number of nitrogens with zero attached hydrogens (tertiary/aromatic N) is 2. The summed E-state index contributed by atoms with van der Waals surface area (Å²) in [7, 11) is 1.62. The first kappa shape index (κ1) is 12.8. The third kappa shape index (κ3) is 2.79. The van der Waals surface area contributed by atoms with Crippen molar-refractivity contribution < 1.29 is 4.74 Å². The topological polar surface area (TPSA) is 44.1 Å². The van der Waals surface area contributed by atoms with Crippen molar-refractivity contribution in [2.45, 2.75) is 13.5 Å². The van der Waals surface area contributed by atoms with Gasteiger partial charge in [-0.25, -0.2) is 9.78 Å². The van der Waals surface area contributed by atoms with E-state index in [1.54, 1.807) is 24.1 Å². The van der Waals surface area contributed by atoms with Gasteiger partial charge in [0.2, 0.25) is 0 Å². The number of halogens is 1. The van der Waals surface area contributed by atoms with Crippen LogP contribution in [0.4, 0.5) is 0 Å². The minimum atomic E-state index is -0.261. The zero-order valence-corrected chi connectivity index (χ0v) is 11.8. The van der Waals surface area contributed by atoms with Crippen LogP contribution in [-0.2, 0) is 6.54 Å². The van der Waals surface area contributed by atoms with Crippen molar-refractivity contribution in [2.24, 2.45) is 0 Å². The van der Waals surface area contributed by atoms with Gasteiger partial charge in [0.05, 0.1) is 13.7 Å². The van der Waals surface area contributed by atoms with E-state index in [-0.39, 0.29) is 5.69 Å². The third-order valence-corrected chi connectivity index (χ3v) is 3.06. The molecule has 1 aromatic carbocycles. The predicted octanol–water partition coefficient (Wildman–Crippen LogP) is 2.37. The number of aromatic nitrogens is 2. The summed E-state index contributed by atoms with van der Waals surface area (Å²) in [5, 5.41) is 0. The zero-order chi connectivity index (χ0) is 13.1. The highest BCUT2D eigenvalue weighted by atomic mass is 79.9. The van der Waals surface area contributed by atoms with Crippen LogP contribution in [-0.4, -0.2) is 16.7 Å². The Labute approximate surface area is 113 Å². The van der Waals surface area contributed by atoms with Gasteiger partial charge in [-0.3, -0.25) is 4.57 Å². The van der Waals surface area contributed by atoms with E-state index >= 15 is 0 Å². The van der Waals surface area contributed by atoms with Crippen molar-refractivity contribution in [3.05, 3.63) is 56.7 Å². The second-order valence-corrected chi connectivity index (χ2v) is 4.91. The molecule has 0 fully saturated rings. The van der Waals surface area contributed by atoms with Crippen molar-refractivity contribution in [3.8, 4) is 5.75 Å². The van der Waals surface area contributed by atoms with Crippen molar-refractivity contribution in [1.29, 1.82) is 0 Å². The number of ether oxygens (including phenoxy) is 1. The molecule has 18 heavy (non-hydrogen) atoms. The van der Waals surface area contributed by atoms with Gasteiger partial charge in [-0.15, -0.1) is 0 Å². The van der Waals surface area contributed by atoms with E-state index in [9.17, 15) is 4.79 Å². The largest absolute Gasteiger partial charge is 0.496 e. The van der Waals surface area contributed by atoms with Gasteiger partial charge in [0, 0.05) is 22.4 Å². The molecule has 5 heteroatoms. The smallest absolute Gasteiger partial charge is 0.347 e. The molecule has 0 aliphatic rings. The summed E-state index contributed by atoms with van der Waals surface area (Å²) >= 11 is 3.41. The lowest BCUT2D eigenvalue weighted by Gasteiger charge is -2.10. The molecule has 0 unspecified atom stereocenters. The normalized spacial score (nSPS) is 10.4. The molecule has 0 saturated carbocycles. The quantitative estimate of drug-likeness (QED) is 0.874. The average Bonchev–Trinajstić information content (AvgIpc) is 2.34. The van der Waals surface area contributed by atoms with Crippen molar-refractivity contribution in [1.82, 2.24) is 9.55 Å². The van der Waals surface area contributed by atoms with Crippen LogP contribution in [0, 0.1) is 6.92 Å². The minimum absolute atomic E-state index is 0.261. The monoisotopic (exact) mass is 308 g/mol. The van der Waals surface area contributed by atoms with Crippen LogP contribution in [0.25, 0.3) is 0 Å². The molecule has 4 nitrogen and oxygen atoms in total. The van der Waals surface area contributed by atoms with Gasteiger partial charge in [-0.2, -0.15) is 0 Å². The predicted molar refractivity (Wildman–Crippen MR) is 73.0 cm³/mol. The molecule has 0 spiro atoms. The Hall–Kier alpha value is -1.62. The fraction of sp³-hybridized carbons (Fsp3) is 0.231. The maximum absolute atomic E-state index is 11.7. The maximum atomic E-state index is 11.7. The highest BCUT2D eigenvalue weighted by Crippen LogP contribution is 2.23. The summed E-state index contributed by atoms with van der Waals surface area (Å²) < 4.78 is 7.81. The van der Waals surface area contributed by atoms with Gasteiger partial charge in [-0.1, -0.05) is 15.9 Å². The number of hydrogen-bond donors (Lipinski definition) is 0. The zero-order valence-electron chi connectivity index (χ0n) is 10.2. The Balaban J connectivity index is 2.42. The van der Waals surface area contributed by atoms with Gasteiger partial charge < -0.3 is 4.74 Å². The van der Waals surface area contributed by atoms with Gasteiger partial charge in [-0.05, 0) is 30.7 Å². The SMILES string of the molecule is COc1ccc(Br)cc1Cn1cc(C)cnc1=O. The maximum Gasteiger partial charge on any atom is 0.347 e. The molecule has 0 atom stereocenters. The molecular formula is C13H13BrN2O2. The first-order chi connectivity index (χ1) is 8.60. The molecule has 0 amide bonds. The lowest BCUT2D eigenvalue weighted by Crippen LogP contribution is -2.23. The summed E-state index contributed by atoms with van der Waals surface area (Å²) in [6.07, 6.45) is 3.35. The summed E-state index contributed by atoms with van der Waals surface area (Å²) in [5.41, 5.74) is 1.62. The second kappa shape index (κ2) is 5.35. The molecule has 2 rings (SSSR count). The van der Waals surface area contributed by atoms with Crippen LogP contribution in [0.15, 0.2) is 39.9 Å². The molecule has 0 bridgehead atoms. The summed E-state index contributed by atoms with van der Waals surface area (Å²) in [4.78, 5) is 15.5. The molecule has 1 heterocycles. The second-order valence-electron chi connectivity index (χ2n) is 4.00. The van der Waals surface area contributed by atoms with Crippen molar-refractivity contribution >= 4 is 15.9 Å². The lowest BCUT2D eigenvalue weighted by atomic mass is 10.2. The number of methoxy groups -OCH3 is 1. The van der Waals surface area contributed by atoms with Gasteiger partial charge in [0.15, 0.2) is 0 Å². The van der Waals surface area contributed by atoms with E-state index in [0.717, 1.165) is 21.3 Å². The standard InChI is InChI=1S/C13H13BrN2O2/c1-9-6-15-13(17)16(7-9)8-10-5-11(14)3-4-12(10)18-2/h3-7H,8H2,1-2H3. The highest BCUT2D eigenvalue weighted by Gasteiger charge is 2.06. The number of aryl methyl sites for hydroxylation is 1. The van der Waals surface area contributed by atoms with Crippen LogP contribution >= 0.6 is 15.9 Å². The molecule has 0 aliphatic heterocycles. The molecule has 0 radical (unpaired) electrons. The van der Waals surface area contributed by atoms with E-state index in [1.165, 1.54) is 0 Å². The average molecular weight is 309 g/mol. The molecule has 1 aromatic heterocycles. The fourth-order valence-corrected chi connectivity index (χ4v) is 2.14. The molecule has 94 valence electrons. The molecule has 2 aromatic rings. The Morgan fingerprint density at radius 2 is 2.22 bits per heavy atom. The number of benzene rings is 1. The van der Waals surface area contributed by atoms with E-state index in [4.69, 9.17) is 4.74 Å². The van der Waals surface area contributed by atoms with Crippen LogP contribution in [0.5, 0.6) is 5.75 Å². The van der Waals surface area contributed by atoms with Crippen LogP contribution in [0.2, 0.25) is 0 Å². The number of rotatable bonds is 3. The fourth-order valence-electron chi connectivity index (χ4n) is 1.73. The van der Waals surface area contributed by atoms with E-state index in [1.807, 2.05) is 25.1 Å². The third-order valence-electron chi connectivity index (χ3n) is 2.57. The van der Waals surface area contributed by atoms with Gasteiger partial charge >= 0.3 is 5.69 Å². The summed E-state index contributed by atoms with van der Waals surface area (Å²) in [6.45, 7) is 2.34. The van der Waals surface area contributed by atoms with E-state index < -0.39 is 0 Å². The van der Waals surface area contributed by atoms with Gasteiger partial charge in [0.1, 0.15) is 5.75 Å². The Kier molecular flexibility index (Phi) is 3.81.